The summed E-state index contributed by atoms with van der Waals surface area (Å²) >= 11 is 9.60. The van der Waals surface area contributed by atoms with Crippen LogP contribution in [0.4, 0.5) is 5.13 Å². The van der Waals surface area contributed by atoms with Gasteiger partial charge in [0.2, 0.25) is 5.91 Å². The zero-order valence-electron chi connectivity index (χ0n) is 9.67. The van der Waals surface area contributed by atoms with Crippen molar-refractivity contribution in [2.24, 2.45) is 5.73 Å². The van der Waals surface area contributed by atoms with Gasteiger partial charge in [0.15, 0.2) is 5.13 Å². The predicted octanol–water partition coefficient (Wildman–Crippen LogP) is 2.91. The van der Waals surface area contributed by atoms with Crippen molar-refractivity contribution in [2.45, 2.75) is 5.92 Å². The summed E-state index contributed by atoms with van der Waals surface area (Å²) in [7, 11) is 0. The van der Waals surface area contributed by atoms with Gasteiger partial charge in [-0.25, -0.2) is 4.98 Å². The number of nitrogens with two attached hydrogens (primary N) is 1. The summed E-state index contributed by atoms with van der Waals surface area (Å²) in [6.45, 7) is 0. The SMILES string of the molecule is NC(=S)C(C(=O)Nc1ncc(Br)s1)c1ccccc1. The zero-order valence-corrected chi connectivity index (χ0v) is 12.9. The molecule has 1 heterocycles. The van der Waals surface area contributed by atoms with E-state index >= 15 is 0 Å². The normalized spacial score (nSPS) is 11.8. The monoisotopic (exact) mass is 355 g/mol. The van der Waals surface area contributed by atoms with Gasteiger partial charge in [-0.1, -0.05) is 53.9 Å². The third kappa shape index (κ3) is 3.59. The minimum atomic E-state index is -0.654. The molecule has 1 aromatic heterocycles. The maximum absolute atomic E-state index is 12.2. The summed E-state index contributed by atoms with van der Waals surface area (Å²) in [4.78, 5) is 16.4. The summed E-state index contributed by atoms with van der Waals surface area (Å²) in [5.74, 6) is -0.931. The third-order valence-electron chi connectivity index (χ3n) is 2.39. The van der Waals surface area contributed by atoms with Gasteiger partial charge in [-0.2, -0.15) is 0 Å². The number of carbonyl (C=O) groups excluding carboxylic acids is 1. The number of nitrogens with zero attached hydrogens (tertiary/aromatic N) is 1. The van der Waals surface area contributed by atoms with Gasteiger partial charge in [0.1, 0.15) is 5.92 Å². The summed E-state index contributed by atoms with van der Waals surface area (Å²) in [6, 6.07) is 9.19. The van der Waals surface area contributed by atoms with Crippen molar-refractivity contribution in [2.75, 3.05) is 5.32 Å². The number of thiazole rings is 1. The molecule has 3 N–H and O–H groups in total. The minimum Gasteiger partial charge on any atom is -0.392 e. The third-order valence-corrected chi connectivity index (χ3v) is 4.01. The minimum absolute atomic E-state index is 0.138. The number of thiocarbonyl (C=S) groups is 1. The van der Waals surface area contributed by atoms with E-state index in [1.807, 2.05) is 30.3 Å². The molecule has 0 bridgehead atoms. The second kappa shape index (κ2) is 6.23. The molecular formula is C12H10BrN3OS2. The van der Waals surface area contributed by atoms with E-state index in [1.165, 1.54) is 11.3 Å². The number of hydrogen-bond donors (Lipinski definition) is 2. The molecule has 0 radical (unpaired) electrons. The Labute approximate surface area is 128 Å². The molecule has 0 fully saturated rings. The number of halogens is 1. The van der Waals surface area contributed by atoms with E-state index in [9.17, 15) is 4.79 Å². The molecule has 1 amide bonds. The lowest BCUT2D eigenvalue weighted by atomic mass is 9.98. The molecule has 19 heavy (non-hydrogen) atoms. The van der Waals surface area contributed by atoms with Gasteiger partial charge in [-0.05, 0) is 21.5 Å². The molecule has 2 rings (SSSR count). The Morgan fingerprint density at radius 2 is 2.11 bits per heavy atom. The first-order chi connectivity index (χ1) is 9.08. The van der Waals surface area contributed by atoms with Gasteiger partial charge in [0.05, 0.1) is 15.0 Å². The molecule has 1 unspecified atom stereocenters. The van der Waals surface area contributed by atoms with E-state index in [2.05, 4.69) is 26.2 Å². The van der Waals surface area contributed by atoms with Crippen LogP contribution in [-0.2, 0) is 4.79 Å². The molecule has 1 atom stereocenters. The van der Waals surface area contributed by atoms with Gasteiger partial charge in [0.25, 0.3) is 0 Å². The lowest BCUT2D eigenvalue weighted by Gasteiger charge is -2.14. The molecular weight excluding hydrogens is 346 g/mol. The molecule has 0 saturated carbocycles. The van der Waals surface area contributed by atoms with Gasteiger partial charge in [-0.3, -0.25) is 4.79 Å². The predicted molar refractivity (Wildman–Crippen MR) is 84.4 cm³/mol. The quantitative estimate of drug-likeness (QED) is 0.827. The molecule has 4 nitrogen and oxygen atoms in total. The number of anilines is 1. The topological polar surface area (TPSA) is 68.0 Å². The molecule has 1 aromatic carbocycles. The standard InChI is InChI=1S/C12H10BrN3OS2/c13-8-6-15-12(19-8)16-11(17)9(10(14)18)7-4-2-1-3-5-7/h1-6,9H,(H2,14,18)(H,15,16,17). The summed E-state index contributed by atoms with van der Waals surface area (Å²) < 4.78 is 0.842. The average molecular weight is 356 g/mol. The maximum atomic E-state index is 12.2. The van der Waals surface area contributed by atoms with E-state index in [4.69, 9.17) is 18.0 Å². The number of carbonyl (C=O) groups is 1. The Kier molecular flexibility index (Phi) is 4.62. The molecule has 0 aliphatic rings. The number of nitrogens with one attached hydrogen (secondary N) is 1. The van der Waals surface area contributed by atoms with Crippen LogP contribution in [0.15, 0.2) is 40.3 Å². The van der Waals surface area contributed by atoms with Crippen LogP contribution < -0.4 is 11.1 Å². The van der Waals surface area contributed by atoms with Crippen molar-refractivity contribution in [3.05, 3.63) is 45.9 Å². The molecule has 0 aliphatic carbocycles. The van der Waals surface area contributed by atoms with E-state index < -0.39 is 5.92 Å². The summed E-state index contributed by atoms with van der Waals surface area (Å²) in [5.41, 5.74) is 6.44. The van der Waals surface area contributed by atoms with Crippen LogP contribution >= 0.6 is 39.5 Å². The van der Waals surface area contributed by atoms with Crippen molar-refractivity contribution >= 4 is 55.5 Å². The van der Waals surface area contributed by atoms with Crippen molar-refractivity contribution in [3.8, 4) is 0 Å². The second-order valence-corrected chi connectivity index (χ2v) is 6.59. The van der Waals surface area contributed by atoms with Gasteiger partial charge in [0, 0.05) is 0 Å². The highest BCUT2D eigenvalue weighted by molar-refractivity contribution is 9.11. The Hall–Kier alpha value is -1.31. The number of aromatic nitrogens is 1. The second-order valence-electron chi connectivity index (χ2n) is 3.70. The van der Waals surface area contributed by atoms with Gasteiger partial charge in [-0.15, -0.1) is 0 Å². The fraction of sp³-hybridized carbons (Fsp3) is 0.0833. The molecule has 0 saturated heterocycles. The van der Waals surface area contributed by atoms with Gasteiger partial charge < -0.3 is 11.1 Å². The number of benzene rings is 1. The zero-order chi connectivity index (χ0) is 13.8. The highest BCUT2D eigenvalue weighted by Crippen LogP contribution is 2.25. The summed E-state index contributed by atoms with van der Waals surface area (Å²) in [5, 5.41) is 3.22. The Bertz CT molecular complexity index is 600. The van der Waals surface area contributed by atoms with Gasteiger partial charge >= 0.3 is 0 Å². The first kappa shape index (κ1) is 14.1. The van der Waals surface area contributed by atoms with E-state index in [1.54, 1.807) is 6.20 Å². The van der Waals surface area contributed by atoms with Crippen LogP contribution in [0.25, 0.3) is 0 Å². The van der Waals surface area contributed by atoms with Crippen molar-refractivity contribution in [1.29, 1.82) is 0 Å². The van der Waals surface area contributed by atoms with E-state index in [0.717, 1.165) is 9.35 Å². The highest BCUT2D eigenvalue weighted by Gasteiger charge is 2.24. The van der Waals surface area contributed by atoms with Crippen LogP contribution in [0, 0.1) is 0 Å². The molecule has 0 spiro atoms. The first-order valence-electron chi connectivity index (χ1n) is 5.34. The van der Waals surface area contributed by atoms with Crippen molar-refractivity contribution in [1.82, 2.24) is 4.98 Å². The number of amides is 1. The summed E-state index contributed by atoms with van der Waals surface area (Å²) in [6.07, 6.45) is 1.62. The Balaban J connectivity index is 2.20. The Morgan fingerprint density at radius 3 is 2.63 bits per heavy atom. The maximum Gasteiger partial charge on any atom is 0.240 e. The average Bonchev–Trinajstić information content (AvgIpc) is 2.75. The molecule has 7 heteroatoms. The van der Waals surface area contributed by atoms with Crippen LogP contribution in [0.3, 0.4) is 0 Å². The number of rotatable bonds is 4. The van der Waals surface area contributed by atoms with Crippen molar-refractivity contribution < 1.29 is 4.79 Å². The lowest BCUT2D eigenvalue weighted by Crippen LogP contribution is -2.31. The number of hydrogen-bond acceptors (Lipinski definition) is 4. The fourth-order valence-corrected chi connectivity index (χ4v) is 2.93. The highest BCUT2D eigenvalue weighted by atomic mass is 79.9. The van der Waals surface area contributed by atoms with Crippen LogP contribution in [0.2, 0.25) is 0 Å². The Morgan fingerprint density at radius 1 is 1.42 bits per heavy atom. The van der Waals surface area contributed by atoms with E-state index in [0.29, 0.717) is 5.13 Å². The smallest absolute Gasteiger partial charge is 0.240 e. The first-order valence-corrected chi connectivity index (χ1v) is 7.36. The fourth-order valence-electron chi connectivity index (χ4n) is 1.58. The molecule has 2 aromatic rings. The molecule has 98 valence electrons. The van der Waals surface area contributed by atoms with Crippen molar-refractivity contribution in [3.63, 3.8) is 0 Å². The van der Waals surface area contributed by atoms with Crippen LogP contribution in [0.1, 0.15) is 11.5 Å². The molecule has 0 aliphatic heterocycles. The van der Waals surface area contributed by atoms with E-state index in [-0.39, 0.29) is 10.9 Å². The lowest BCUT2D eigenvalue weighted by molar-refractivity contribution is -0.116. The van der Waals surface area contributed by atoms with Crippen LogP contribution in [0.5, 0.6) is 0 Å². The largest absolute Gasteiger partial charge is 0.392 e. The van der Waals surface area contributed by atoms with Crippen LogP contribution in [-0.4, -0.2) is 15.9 Å².